The van der Waals surface area contributed by atoms with E-state index in [0.717, 1.165) is 13.2 Å². The third-order valence-corrected chi connectivity index (χ3v) is 3.87. The van der Waals surface area contributed by atoms with Gasteiger partial charge < -0.3 is 4.74 Å². The third-order valence-electron chi connectivity index (χ3n) is 1.53. The van der Waals surface area contributed by atoms with E-state index in [4.69, 9.17) is 4.74 Å². The second-order valence-electron chi connectivity index (χ2n) is 2.46. The summed E-state index contributed by atoms with van der Waals surface area (Å²) in [5.74, 6) is 4.95. The van der Waals surface area contributed by atoms with Gasteiger partial charge >= 0.3 is 0 Å². The van der Waals surface area contributed by atoms with Crippen molar-refractivity contribution >= 4 is 23.5 Å². The molecule has 1 rings (SSSR count). The Labute approximate surface area is 77.0 Å². The van der Waals surface area contributed by atoms with Crippen molar-refractivity contribution in [1.29, 1.82) is 0 Å². The van der Waals surface area contributed by atoms with Gasteiger partial charge in [-0.05, 0) is 0 Å². The van der Waals surface area contributed by atoms with Crippen molar-refractivity contribution in [3.05, 3.63) is 0 Å². The van der Waals surface area contributed by atoms with Gasteiger partial charge in [-0.1, -0.05) is 0 Å². The summed E-state index contributed by atoms with van der Waals surface area (Å²) in [4.78, 5) is 2.44. The second-order valence-corrected chi connectivity index (χ2v) is 4.61. The lowest BCUT2D eigenvalue weighted by atomic mass is 10.6. The van der Waals surface area contributed by atoms with Gasteiger partial charge in [0.25, 0.3) is 0 Å². The third kappa shape index (κ3) is 4.25. The second kappa shape index (κ2) is 6.17. The van der Waals surface area contributed by atoms with Crippen LogP contribution >= 0.6 is 23.5 Å². The highest BCUT2D eigenvalue weighted by Crippen LogP contribution is 2.16. The number of thioether (sulfide) groups is 2. The summed E-state index contributed by atoms with van der Waals surface area (Å²) in [5.41, 5.74) is 0. The van der Waals surface area contributed by atoms with Crippen LogP contribution in [0.3, 0.4) is 0 Å². The normalized spacial score (nSPS) is 21.5. The Bertz CT molecular complexity index is 94.4. The Hall–Kier alpha value is 0.620. The Morgan fingerprint density at radius 1 is 1.27 bits per heavy atom. The van der Waals surface area contributed by atoms with Crippen LogP contribution in [-0.4, -0.2) is 48.4 Å². The molecule has 4 heteroatoms. The van der Waals surface area contributed by atoms with E-state index in [-0.39, 0.29) is 0 Å². The summed E-state index contributed by atoms with van der Waals surface area (Å²) >= 11 is 4.05. The molecule has 1 aliphatic heterocycles. The molecular formula is C7H15NOS2. The van der Waals surface area contributed by atoms with Gasteiger partial charge in [-0.2, -0.15) is 0 Å². The van der Waals surface area contributed by atoms with Crippen LogP contribution in [0.25, 0.3) is 0 Å². The van der Waals surface area contributed by atoms with E-state index >= 15 is 0 Å². The lowest BCUT2D eigenvalue weighted by Crippen LogP contribution is -2.25. The molecule has 0 bridgehead atoms. The molecule has 0 amide bonds. The molecule has 0 aromatic heterocycles. The van der Waals surface area contributed by atoms with Gasteiger partial charge in [-0.25, -0.2) is 0 Å². The van der Waals surface area contributed by atoms with Crippen molar-refractivity contribution in [1.82, 2.24) is 4.90 Å². The standard InChI is InChI=1S/C7H15NOS2/c1-9-3-2-8-6-10-4-5-11-7-8/h2-7H2,1H3. The van der Waals surface area contributed by atoms with Crippen LogP contribution in [0.5, 0.6) is 0 Å². The molecule has 11 heavy (non-hydrogen) atoms. The minimum absolute atomic E-state index is 0.862. The number of rotatable bonds is 3. The van der Waals surface area contributed by atoms with Gasteiger partial charge in [0, 0.05) is 36.9 Å². The van der Waals surface area contributed by atoms with E-state index in [1.54, 1.807) is 7.11 Å². The first-order chi connectivity index (χ1) is 5.43. The largest absolute Gasteiger partial charge is 0.383 e. The first kappa shape index (κ1) is 9.71. The van der Waals surface area contributed by atoms with E-state index in [1.807, 2.05) is 23.5 Å². The molecule has 1 aliphatic rings. The number of ether oxygens (including phenoxy) is 1. The zero-order chi connectivity index (χ0) is 7.94. The molecule has 0 aromatic carbocycles. The van der Waals surface area contributed by atoms with Crippen molar-refractivity contribution in [3.63, 3.8) is 0 Å². The monoisotopic (exact) mass is 193 g/mol. The van der Waals surface area contributed by atoms with Crippen molar-refractivity contribution in [2.45, 2.75) is 0 Å². The van der Waals surface area contributed by atoms with Crippen molar-refractivity contribution in [3.8, 4) is 0 Å². The van der Waals surface area contributed by atoms with E-state index in [9.17, 15) is 0 Å². The maximum atomic E-state index is 5.03. The SMILES string of the molecule is COCCN1CSCCSC1. The van der Waals surface area contributed by atoms with Crippen LogP contribution in [0.15, 0.2) is 0 Å². The molecule has 0 saturated carbocycles. The average molecular weight is 193 g/mol. The molecule has 0 aromatic rings. The molecule has 0 spiro atoms. The number of methoxy groups -OCH3 is 1. The summed E-state index contributed by atoms with van der Waals surface area (Å²) in [6.07, 6.45) is 0. The summed E-state index contributed by atoms with van der Waals surface area (Å²) < 4.78 is 5.03. The quantitative estimate of drug-likeness (QED) is 0.670. The zero-order valence-electron chi connectivity index (χ0n) is 6.91. The van der Waals surface area contributed by atoms with Crippen LogP contribution < -0.4 is 0 Å². The highest BCUT2D eigenvalue weighted by atomic mass is 32.2. The number of hydrogen-bond donors (Lipinski definition) is 0. The highest BCUT2D eigenvalue weighted by Gasteiger charge is 2.07. The van der Waals surface area contributed by atoms with E-state index < -0.39 is 0 Å². The van der Waals surface area contributed by atoms with Gasteiger partial charge in [-0.3, -0.25) is 4.90 Å². The molecule has 2 nitrogen and oxygen atoms in total. The fourth-order valence-corrected chi connectivity index (χ4v) is 3.17. The van der Waals surface area contributed by atoms with Crippen molar-refractivity contribution in [2.75, 3.05) is 43.5 Å². The maximum absolute atomic E-state index is 5.03. The van der Waals surface area contributed by atoms with Crippen LogP contribution in [0, 0.1) is 0 Å². The van der Waals surface area contributed by atoms with Crippen molar-refractivity contribution in [2.24, 2.45) is 0 Å². The predicted octanol–water partition coefficient (Wildman–Crippen LogP) is 1.33. The Morgan fingerprint density at radius 2 is 1.91 bits per heavy atom. The minimum atomic E-state index is 0.862. The van der Waals surface area contributed by atoms with E-state index in [2.05, 4.69) is 4.90 Å². The topological polar surface area (TPSA) is 12.5 Å². The van der Waals surface area contributed by atoms with Gasteiger partial charge in [0.05, 0.1) is 6.61 Å². The van der Waals surface area contributed by atoms with Crippen LogP contribution in [0.2, 0.25) is 0 Å². The molecule has 1 fully saturated rings. The lowest BCUT2D eigenvalue weighted by molar-refractivity contribution is 0.167. The molecule has 66 valence electrons. The Balaban J connectivity index is 2.09. The Kier molecular flexibility index (Phi) is 5.45. The lowest BCUT2D eigenvalue weighted by Gasteiger charge is -2.17. The van der Waals surface area contributed by atoms with E-state index in [1.165, 1.54) is 23.3 Å². The highest BCUT2D eigenvalue weighted by molar-refractivity contribution is 8.03. The molecule has 1 saturated heterocycles. The zero-order valence-corrected chi connectivity index (χ0v) is 8.55. The minimum Gasteiger partial charge on any atom is -0.383 e. The summed E-state index contributed by atoms with van der Waals surface area (Å²) in [6.45, 7) is 1.94. The molecule has 0 aliphatic carbocycles. The smallest absolute Gasteiger partial charge is 0.0590 e. The fraction of sp³-hybridized carbons (Fsp3) is 1.00. The van der Waals surface area contributed by atoms with Crippen LogP contribution in [0.1, 0.15) is 0 Å². The maximum Gasteiger partial charge on any atom is 0.0590 e. The molecule has 0 N–H and O–H groups in total. The molecule has 0 radical (unpaired) electrons. The molecule has 1 heterocycles. The average Bonchev–Trinajstić information content (AvgIpc) is 2.28. The summed E-state index contributed by atoms with van der Waals surface area (Å²) in [7, 11) is 1.76. The first-order valence-corrected chi connectivity index (χ1v) is 6.11. The van der Waals surface area contributed by atoms with Crippen LogP contribution in [0.4, 0.5) is 0 Å². The summed E-state index contributed by atoms with van der Waals surface area (Å²) in [5, 5.41) is 0. The van der Waals surface area contributed by atoms with Gasteiger partial charge in [0.15, 0.2) is 0 Å². The first-order valence-electron chi connectivity index (χ1n) is 3.80. The fourth-order valence-electron chi connectivity index (χ4n) is 0.892. The number of hydrogen-bond acceptors (Lipinski definition) is 4. The van der Waals surface area contributed by atoms with Crippen LogP contribution in [-0.2, 0) is 4.74 Å². The van der Waals surface area contributed by atoms with Gasteiger partial charge in [-0.15, -0.1) is 23.5 Å². The predicted molar refractivity (Wildman–Crippen MR) is 53.2 cm³/mol. The van der Waals surface area contributed by atoms with Gasteiger partial charge in [0.2, 0.25) is 0 Å². The molecule has 0 atom stereocenters. The Morgan fingerprint density at radius 3 is 2.45 bits per heavy atom. The molecular weight excluding hydrogens is 178 g/mol. The van der Waals surface area contributed by atoms with Gasteiger partial charge in [0.1, 0.15) is 0 Å². The van der Waals surface area contributed by atoms with E-state index in [0.29, 0.717) is 0 Å². The molecule has 0 unspecified atom stereocenters. The number of nitrogens with zero attached hydrogens (tertiary/aromatic N) is 1. The van der Waals surface area contributed by atoms with Crippen molar-refractivity contribution < 1.29 is 4.74 Å². The summed E-state index contributed by atoms with van der Waals surface area (Å²) in [6, 6.07) is 0.